The fraction of sp³-hybridized carbons (Fsp3) is 0.900. The number of nitrogens with one attached hydrogen (secondary N) is 1. The molecule has 6 nitrogen and oxygen atoms in total. The monoisotopic (exact) mass is 335 g/mol. The maximum Gasteiger partial charge on any atom is 0.265 e. The Hall–Kier alpha value is 0.180. The third-order valence-corrected chi connectivity index (χ3v) is 3.24. The molecule has 9 heteroatoms. The third-order valence-electron chi connectivity index (χ3n) is 2.72. The molecule has 1 aliphatic rings. The minimum absolute atomic E-state index is 0.215. The molecule has 1 saturated heterocycles. The van der Waals surface area contributed by atoms with Crippen LogP contribution in [0.1, 0.15) is 0 Å². The second-order valence-electron chi connectivity index (χ2n) is 3.82. The van der Waals surface area contributed by atoms with E-state index in [1.807, 2.05) is 0 Å². The highest BCUT2D eigenvalue weighted by atomic mass is 35.6. The quantitative estimate of drug-likeness (QED) is 0.481. The van der Waals surface area contributed by atoms with E-state index in [0.29, 0.717) is 0 Å². The fourth-order valence-electron chi connectivity index (χ4n) is 1.76. The minimum Gasteiger partial charge on any atom is -0.445 e. The molecule has 0 spiro atoms. The summed E-state index contributed by atoms with van der Waals surface area (Å²) in [5, 5.41) is 7.53. The van der Waals surface area contributed by atoms with Gasteiger partial charge < -0.3 is 23.7 Å². The number of hydrogen-bond donors (Lipinski definition) is 1. The van der Waals surface area contributed by atoms with Gasteiger partial charge in [0.05, 0.1) is 6.61 Å². The van der Waals surface area contributed by atoms with Gasteiger partial charge in [0.1, 0.15) is 18.3 Å². The molecule has 0 amide bonds. The van der Waals surface area contributed by atoms with Crippen LogP contribution in [0.4, 0.5) is 0 Å². The third kappa shape index (κ3) is 4.32. The van der Waals surface area contributed by atoms with Gasteiger partial charge in [-0.2, -0.15) is 0 Å². The number of ether oxygens (including phenoxy) is 5. The Morgan fingerprint density at radius 2 is 1.68 bits per heavy atom. The van der Waals surface area contributed by atoms with Crippen molar-refractivity contribution >= 4 is 40.7 Å². The molecular formula is C10H16Cl3NO5. The summed E-state index contributed by atoms with van der Waals surface area (Å²) in [5.41, 5.74) is 0. The summed E-state index contributed by atoms with van der Waals surface area (Å²) in [4.78, 5) is 0. The first-order valence-electron chi connectivity index (χ1n) is 5.37. The topological polar surface area (TPSA) is 70.0 Å². The normalized spacial score (nSPS) is 32.1. The fourth-order valence-corrected chi connectivity index (χ4v) is 1.90. The molecule has 19 heavy (non-hydrogen) atoms. The lowest BCUT2D eigenvalue weighted by atomic mass is 10.0. The van der Waals surface area contributed by atoms with E-state index in [4.69, 9.17) is 63.9 Å². The number of halogens is 3. The van der Waals surface area contributed by atoms with Crippen LogP contribution < -0.4 is 0 Å². The van der Waals surface area contributed by atoms with E-state index in [-0.39, 0.29) is 12.7 Å². The zero-order chi connectivity index (χ0) is 14.6. The molecule has 1 heterocycles. The van der Waals surface area contributed by atoms with Crippen LogP contribution in [0.2, 0.25) is 0 Å². The Morgan fingerprint density at radius 3 is 2.11 bits per heavy atom. The first-order valence-corrected chi connectivity index (χ1v) is 6.51. The smallest absolute Gasteiger partial charge is 0.265 e. The molecular weight excluding hydrogens is 320 g/mol. The first kappa shape index (κ1) is 17.2. The second kappa shape index (κ2) is 7.26. The van der Waals surface area contributed by atoms with Gasteiger partial charge >= 0.3 is 0 Å². The Balaban J connectivity index is 2.76. The zero-order valence-electron chi connectivity index (χ0n) is 10.7. The average Bonchev–Trinajstić information content (AvgIpc) is 2.36. The SMILES string of the molecule is CO[C@H]1[C@H](OC)COC(OC(=N)C(Cl)(Cl)Cl)[C@@H]1OC. The summed E-state index contributed by atoms with van der Waals surface area (Å²) < 4.78 is 24.5. The van der Waals surface area contributed by atoms with Crippen LogP contribution in [0.15, 0.2) is 0 Å². The number of alkyl halides is 3. The molecule has 1 fully saturated rings. The summed E-state index contributed by atoms with van der Waals surface area (Å²) in [5.74, 6) is -0.546. The van der Waals surface area contributed by atoms with Crippen LogP contribution in [0.5, 0.6) is 0 Å². The summed E-state index contributed by atoms with van der Waals surface area (Å²) in [7, 11) is 4.52. The van der Waals surface area contributed by atoms with Gasteiger partial charge in [-0.1, -0.05) is 34.8 Å². The van der Waals surface area contributed by atoms with Crippen molar-refractivity contribution in [3.05, 3.63) is 0 Å². The van der Waals surface area contributed by atoms with Gasteiger partial charge in [-0.15, -0.1) is 0 Å². The summed E-state index contributed by atoms with van der Waals surface area (Å²) >= 11 is 16.6. The zero-order valence-corrected chi connectivity index (χ0v) is 13.0. The maximum atomic E-state index is 7.53. The van der Waals surface area contributed by atoms with Crippen LogP contribution in [0.3, 0.4) is 0 Å². The van der Waals surface area contributed by atoms with Gasteiger partial charge in [-0.3, -0.25) is 5.41 Å². The minimum atomic E-state index is -1.96. The van der Waals surface area contributed by atoms with Gasteiger partial charge in [0.25, 0.3) is 3.79 Å². The van der Waals surface area contributed by atoms with Crippen molar-refractivity contribution in [2.75, 3.05) is 27.9 Å². The average molecular weight is 337 g/mol. The highest BCUT2D eigenvalue weighted by Gasteiger charge is 2.44. The van der Waals surface area contributed by atoms with Crippen molar-refractivity contribution in [2.45, 2.75) is 28.4 Å². The van der Waals surface area contributed by atoms with Crippen LogP contribution in [0.25, 0.3) is 0 Å². The van der Waals surface area contributed by atoms with Crippen molar-refractivity contribution in [3.63, 3.8) is 0 Å². The largest absolute Gasteiger partial charge is 0.445 e. The summed E-state index contributed by atoms with van der Waals surface area (Å²) in [6.07, 6.45) is -2.26. The Bertz CT molecular complexity index is 312. The van der Waals surface area contributed by atoms with Crippen LogP contribution in [-0.4, -0.2) is 62.2 Å². The van der Waals surface area contributed by atoms with E-state index in [1.54, 1.807) is 0 Å². The Labute approximate surface area is 126 Å². The van der Waals surface area contributed by atoms with E-state index in [0.717, 1.165) is 0 Å². The molecule has 0 saturated carbocycles. The van der Waals surface area contributed by atoms with Crippen molar-refractivity contribution in [1.82, 2.24) is 0 Å². The molecule has 1 N–H and O–H groups in total. The van der Waals surface area contributed by atoms with Crippen LogP contribution >= 0.6 is 34.8 Å². The molecule has 0 aliphatic carbocycles. The summed E-state index contributed by atoms with van der Waals surface area (Å²) in [6, 6.07) is 0. The Morgan fingerprint density at radius 1 is 1.11 bits per heavy atom. The standard InChI is InChI=1S/C10H16Cl3NO5/c1-15-5-4-18-8(7(17-3)6(5)16-2)19-9(14)10(11,12)13/h5-8,14H,4H2,1-3H3/t5-,6+,7-,8?/m1/s1. The summed E-state index contributed by atoms with van der Waals surface area (Å²) in [6.45, 7) is 0.215. The molecule has 0 aromatic rings. The second-order valence-corrected chi connectivity index (χ2v) is 6.10. The van der Waals surface area contributed by atoms with Gasteiger partial charge in [-0.25, -0.2) is 0 Å². The molecule has 0 bridgehead atoms. The molecule has 1 unspecified atom stereocenters. The van der Waals surface area contributed by atoms with Crippen molar-refractivity contribution in [1.29, 1.82) is 5.41 Å². The van der Waals surface area contributed by atoms with E-state index in [2.05, 4.69) is 0 Å². The van der Waals surface area contributed by atoms with Crippen LogP contribution in [-0.2, 0) is 23.7 Å². The van der Waals surface area contributed by atoms with Crippen molar-refractivity contribution < 1.29 is 23.7 Å². The lowest BCUT2D eigenvalue weighted by molar-refractivity contribution is -0.263. The van der Waals surface area contributed by atoms with Crippen LogP contribution in [0, 0.1) is 5.41 Å². The number of hydrogen-bond acceptors (Lipinski definition) is 6. The van der Waals surface area contributed by atoms with Crippen molar-refractivity contribution in [2.24, 2.45) is 0 Å². The lowest BCUT2D eigenvalue weighted by Crippen LogP contribution is -2.56. The molecule has 0 radical (unpaired) electrons. The van der Waals surface area contributed by atoms with E-state index in [9.17, 15) is 0 Å². The Kier molecular flexibility index (Phi) is 6.59. The van der Waals surface area contributed by atoms with Gasteiger partial charge in [0.2, 0.25) is 12.2 Å². The number of rotatable bonds is 4. The molecule has 0 aromatic carbocycles. The predicted molar refractivity (Wildman–Crippen MR) is 71.2 cm³/mol. The predicted octanol–water partition coefficient (Wildman–Crippen LogP) is 1.75. The van der Waals surface area contributed by atoms with Gasteiger partial charge in [0.15, 0.2) is 0 Å². The maximum absolute atomic E-state index is 7.53. The lowest BCUT2D eigenvalue weighted by Gasteiger charge is -2.40. The highest BCUT2D eigenvalue weighted by Crippen LogP contribution is 2.30. The first-order chi connectivity index (χ1) is 8.85. The molecule has 1 aliphatic heterocycles. The van der Waals surface area contributed by atoms with Crippen molar-refractivity contribution in [3.8, 4) is 0 Å². The van der Waals surface area contributed by atoms with E-state index in [1.165, 1.54) is 21.3 Å². The van der Waals surface area contributed by atoms with E-state index < -0.39 is 28.2 Å². The molecule has 4 atom stereocenters. The van der Waals surface area contributed by atoms with Gasteiger partial charge in [-0.05, 0) is 0 Å². The highest BCUT2D eigenvalue weighted by molar-refractivity contribution is 6.76. The van der Waals surface area contributed by atoms with Gasteiger partial charge in [0, 0.05) is 21.3 Å². The molecule has 0 aromatic heterocycles. The van der Waals surface area contributed by atoms with E-state index >= 15 is 0 Å². The molecule has 1 rings (SSSR count). The molecule has 112 valence electrons. The number of methoxy groups -OCH3 is 3.